The van der Waals surface area contributed by atoms with E-state index in [4.69, 9.17) is 0 Å². The Hall–Kier alpha value is -2.37. The summed E-state index contributed by atoms with van der Waals surface area (Å²) in [5, 5.41) is 5.27. The number of urea groups is 1. The van der Waals surface area contributed by atoms with Crippen LogP contribution in [-0.2, 0) is 9.59 Å². The molecule has 0 aliphatic carbocycles. The second-order valence-electron chi connectivity index (χ2n) is 6.09. The second-order valence-corrected chi connectivity index (χ2v) is 6.09. The molecule has 6 heteroatoms. The van der Waals surface area contributed by atoms with Crippen molar-refractivity contribution in [3.63, 3.8) is 0 Å². The van der Waals surface area contributed by atoms with E-state index in [9.17, 15) is 14.4 Å². The molecule has 1 fully saturated rings. The lowest BCUT2D eigenvalue weighted by Crippen LogP contribution is -2.42. The van der Waals surface area contributed by atoms with Gasteiger partial charge in [-0.1, -0.05) is 39.0 Å². The van der Waals surface area contributed by atoms with Crippen molar-refractivity contribution in [2.24, 2.45) is 5.41 Å². The number of amides is 4. The Kier molecular flexibility index (Phi) is 3.97. The molecule has 0 aromatic heterocycles. The van der Waals surface area contributed by atoms with Gasteiger partial charge in [0.1, 0.15) is 12.6 Å². The number of carbonyl (C=O) groups excluding carboxylic acids is 3. The van der Waals surface area contributed by atoms with Crippen LogP contribution in [0.25, 0.3) is 0 Å². The Labute approximate surface area is 123 Å². The Morgan fingerprint density at radius 2 is 1.86 bits per heavy atom. The number of nitrogens with one attached hydrogen (secondary N) is 2. The van der Waals surface area contributed by atoms with Gasteiger partial charge in [-0.05, 0) is 17.5 Å². The van der Waals surface area contributed by atoms with Crippen LogP contribution in [0.5, 0.6) is 0 Å². The minimum atomic E-state index is -0.602. The monoisotopic (exact) mass is 289 g/mol. The molecular weight excluding hydrogens is 270 g/mol. The maximum atomic E-state index is 12.2. The fourth-order valence-corrected chi connectivity index (χ4v) is 2.12. The van der Waals surface area contributed by atoms with Crippen molar-refractivity contribution in [3.05, 3.63) is 30.3 Å². The number of nitrogens with zero attached hydrogens (tertiary/aromatic N) is 1. The van der Waals surface area contributed by atoms with Crippen molar-refractivity contribution in [1.29, 1.82) is 0 Å². The molecule has 1 aliphatic heterocycles. The van der Waals surface area contributed by atoms with Crippen LogP contribution >= 0.6 is 0 Å². The van der Waals surface area contributed by atoms with Gasteiger partial charge in [-0.3, -0.25) is 14.5 Å². The third kappa shape index (κ3) is 3.39. The minimum absolute atomic E-state index is 0.286. The molecular formula is C15H19N3O3. The minimum Gasteiger partial charge on any atom is -0.325 e. The van der Waals surface area contributed by atoms with E-state index in [0.717, 1.165) is 4.90 Å². The van der Waals surface area contributed by atoms with E-state index in [2.05, 4.69) is 10.6 Å². The molecule has 1 heterocycles. The molecule has 21 heavy (non-hydrogen) atoms. The summed E-state index contributed by atoms with van der Waals surface area (Å²) in [5.41, 5.74) is 0.235. The number of rotatable bonds is 3. The summed E-state index contributed by atoms with van der Waals surface area (Å²) in [7, 11) is 0. The van der Waals surface area contributed by atoms with Crippen LogP contribution in [0.3, 0.4) is 0 Å². The van der Waals surface area contributed by atoms with Crippen molar-refractivity contribution in [1.82, 2.24) is 10.2 Å². The summed E-state index contributed by atoms with van der Waals surface area (Å²) in [6.45, 7) is 5.31. The van der Waals surface area contributed by atoms with Gasteiger partial charge in [0.25, 0.3) is 5.91 Å². The lowest BCUT2D eigenvalue weighted by atomic mass is 9.87. The number of hydrogen-bond acceptors (Lipinski definition) is 3. The fourth-order valence-electron chi connectivity index (χ4n) is 2.12. The average Bonchev–Trinajstić information content (AvgIpc) is 2.68. The molecule has 0 radical (unpaired) electrons. The van der Waals surface area contributed by atoms with Gasteiger partial charge >= 0.3 is 6.03 Å². The van der Waals surface area contributed by atoms with Crippen molar-refractivity contribution in [3.8, 4) is 0 Å². The highest BCUT2D eigenvalue weighted by Crippen LogP contribution is 2.24. The number of carbonyl (C=O) groups is 3. The van der Waals surface area contributed by atoms with E-state index in [1.807, 2.05) is 26.8 Å². The Bertz CT molecular complexity index is 563. The number of imide groups is 1. The lowest BCUT2D eigenvalue weighted by molar-refractivity contribution is -0.132. The van der Waals surface area contributed by atoms with Crippen LogP contribution in [0.15, 0.2) is 30.3 Å². The van der Waals surface area contributed by atoms with Gasteiger partial charge in [-0.25, -0.2) is 4.79 Å². The fraction of sp³-hybridized carbons (Fsp3) is 0.400. The highest BCUT2D eigenvalue weighted by atomic mass is 16.2. The molecule has 0 spiro atoms. The van der Waals surface area contributed by atoms with Gasteiger partial charge in [-0.2, -0.15) is 0 Å². The van der Waals surface area contributed by atoms with Gasteiger partial charge in [0.15, 0.2) is 0 Å². The smallest absolute Gasteiger partial charge is 0.325 e. The van der Waals surface area contributed by atoms with Crippen LogP contribution in [0, 0.1) is 5.41 Å². The number of hydrogen-bond donors (Lipinski definition) is 2. The van der Waals surface area contributed by atoms with E-state index in [-0.39, 0.29) is 12.5 Å². The van der Waals surface area contributed by atoms with Crippen LogP contribution in [0.2, 0.25) is 0 Å². The second kappa shape index (κ2) is 5.55. The first-order valence-corrected chi connectivity index (χ1v) is 6.76. The molecule has 0 bridgehead atoms. The molecule has 1 aromatic rings. The summed E-state index contributed by atoms with van der Waals surface area (Å²) in [6, 6.07) is 7.76. The first kappa shape index (κ1) is 15.0. The predicted octanol–water partition coefficient (Wildman–Crippen LogP) is 1.59. The molecule has 1 saturated heterocycles. The molecule has 1 aromatic carbocycles. The lowest BCUT2D eigenvalue weighted by Gasteiger charge is -2.24. The Morgan fingerprint density at radius 3 is 2.38 bits per heavy atom. The summed E-state index contributed by atoms with van der Waals surface area (Å²) in [5.74, 6) is -0.769. The zero-order chi connectivity index (χ0) is 15.6. The van der Waals surface area contributed by atoms with Gasteiger partial charge < -0.3 is 10.6 Å². The van der Waals surface area contributed by atoms with E-state index < -0.39 is 23.4 Å². The Morgan fingerprint density at radius 1 is 1.24 bits per heavy atom. The molecule has 6 nitrogen and oxygen atoms in total. The van der Waals surface area contributed by atoms with Crippen molar-refractivity contribution >= 4 is 23.5 Å². The van der Waals surface area contributed by atoms with E-state index in [1.165, 1.54) is 0 Å². The summed E-state index contributed by atoms with van der Waals surface area (Å²) >= 11 is 0. The third-order valence-corrected chi connectivity index (χ3v) is 3.25. The number of para-hydroxylation sites is 1. The van der Waals surface area contributed by atoms with Crippen LogP contribution in [-0.4, -0.2) is 35.3 Å². The predicted molar refractivity (Wildman–Crippen MR) is 78.6 cm³/mol. The maximum absolute atomic E-state index is 12.2. The zero-order valence-electron chi connectivity index (χ0n) is 12.3. The first-order valence-electron chi connectivity index (χ1n) is 6.76. The molecule has 1 aliphatic rings. The van der Waals surface area contributed by atoms with Gasteiger partial charge in [-0.15, -0.1) is 0 Å². The van der Waals surface area contributed by atoms with Crippen LogP contribution in [0.4, 0.5) is 10.5 Å². The number of benzene rings is 1. The van der Waals surface area contributed by atoms with Crippen molar-refractivity contribution in [2.75, 3.05) is 11.9 Å². The molecule has 112 valence electrons. The maximum Gasteiger partial charge on any atom is 0.325 e. The van der Waals surface area contributed by atoms with Gasteiger partial charge in [0.2, 0.25) is 5.91 Å². The molecule has 1 atom stereocenters. The van der Waals surface area contributed by atoms with Crippen molar-refractivity contribution < 1.29 is 14.4 Å². The SMILES string of the molecule is CC(C)(C)[C@H]1NC(=O)N(CC(=O)Nc2ccccc2)C1=O. The quantitative estimate of drug-likeness (QED) is 0.829. The van der Waals surface area contributed by atoms with Crippen LogP contribution < -0.4 is 10.6 Å². The van der Waals surface area contributed by atoms with Crippen molar-refractivity contribution in [2.45, 2.75) is 26.8 Å². The van der Waals surface area contributed by atoms with E-state index in [1.54, 1.807) is 24.3 Å². The molecule has 0 unspecified atom stereocenters. The topological polar surface area (TPSA) is 78.5 Å². The normalized spacial score (nSPS) is 18.6. The highest BCUT2D eigenvalue weighted by molar-refractivity contribution is 6.08. The van der Waals surface area contributed by atoms with Gasteiger partial charge in [0, 0.05) is 5.69 Å². The third-order valence-electron chi connectivity index (χ3n) is 3.25. The van der Waals surface area contributed by atoms with E-state index in [0.29, 0.717) is 5.69 Å². The Balaban J connectivity index is 2.01. The van der Waals surface area contributed by atoms with Gasteiger partial charge in [0.05, 0.1) is 0 Å². The molecule has 4 amide bonds. The largest absolute Gasteiger partial charge is 0.325 e. The first-order chi connectivity index (χ1) is 9.79. The van der Waals surface area contributed by atoms with Crippen LogP contribution in [0.1, 0.15) is 20.8 Å². The molecule has 0 saturated carbocycles. The summed E-state index contributed by atoms with van der Waals surface area (Å²) < 4.78 is 0. The highest BCUT2D eigenvalue weighted by Gasteiger charge is 2.44. The zero-order valence-corrected chi connectivity index (χ0v) is 12.3. The summed E-state index contributed by atoms with van der Waals surface area (Å²) in [6.07, 6.45) is 0. The number of anilines is 1. The average molecular weight is 289 g/mol. The molecule has 2 rings (SSSR count). The van der Waals surface area contributed by atoms with E-state index >= 15 is 0 Å². The molecule has 2 N–H and O–H groups in total. The standard InChI is InChI=1S/C15H19N3O3/c1-15(2,3)12-13(20)18(14(21)17-12)9-11(19)16-10-7-5-4-6-8-10/h4-8,12H,9H2,1-3H3,(H,16,19)(H,17,21)/t12-/m0/s1. The summed E-state index contributed by atoms with van der Waals surface area (Å²) in [4.78, 5) is 36.9.